The summed E-state index contributed by atoms with van der Waals surface area (Å²) in [6.45, 7) is 1.94. The van der Waals surface area contributed by atoms with Crippen molar-refractivity contribution in [1.29, 1.82) is 0 Å². The highest BCUT2D eigenvalue weighted by molar-refractivity contribution is 6.32. The van der Waals surface area contributed by atoms with Crippen molar-refractivity contribution < 1.29 is 9.53 Å². The molecule has 1 saturated carbocycles. The summed E-state index contributed by atoms with van der Waals surface area (Å²) >= 11 is 6.08. The molecule has 1 aliphatic carbocycles. The van der Waals surface area contributed by atoms with Crippen LogP contribution in [0.1, 0.15) is 24.0 Å². The summed E-state index contributed by atoms with van der Waals surface area (Å²) in [7, 11) is 0. The molecule has 0 spiro atoms. The lowest BCUT2D eigenvalue weighted by molar-refractivity contribution is -0.137. The molecule has 1 aliphatic rings. The summed E-state index contributed by atoms with van der Waals surface area (Å²) < 4.78 is 5.54. The summed E-state index contributed by atoms with van der Waals surface area (Å²) in [4.78, 5) is 12.5. The maximum absolute atomic E-state index is 12.5. The molecule has 3 heteroatoms. The second-order valence-electron chi connectivity index (χ2n) is 5.27. The fourth-order valence-corrected chi connectivity index (χ4v) is 2.54. The van der Waals surface area contributed by atoms with Gasteiger partial charge in [0.05, 0.1) is 10.4 Å². The third-order valence-electron chi connectivity index (χ3n) is 3.76. The molecule has 0 N–H and O–H groups in total. The minimum absolute atomic E-state index is 0.212. The van der Waals surface area contributed by atoms with Crippen molar-refractivity contribution in [1.82, 2.24) is 0 Å². The van der Waals surface area contributed by atoms with Crippen molar-refractivity contribution in [2.24, 2.45) is 0 Å². The van der Waals surface area contributed by atoms with Crippen molar-refractivity contribution in [3.63, 3.8) is 0 Å². The zero-order chi connectivity index (χ0) is 14.2. The second kappa shape index (κ2) is 4.95. The Labute approximate surface area is 123 Å². The summed E-state index contributed by atoms with van der Waals surface area (Å²) in [5.74, 6) is 0.232. The van der Waals surface area contributed by atoms with Crippen molar-refractivity contribution in [3.8, 4) is 5.75 Å². The van der Waals surface area contributed by atoms with Gasteiger partial charge in [-0.1, -0.05) is 48.0 Å². The number of carbonyl (C=O) groups is 1. The first-order chi connectivity index (χ1) is 9.62. The van der Waals surface area contributed by atoms with Crippen LogP contribution in [-0.2, 0) is 10.2 Å². The third kappa shape index (κ3) is 2.32. The van der Waals surface area contributed by atoms with Gasteiger partial charge in [0.25, 0.3) is 0 Å². The van der Waals surface area contributed by atoms with E-state index in [0.717, 1.165) is 24.0 Å². The SMILES string of the molecule is Cc1ccc(Cl)c(OC(=O)C2(c3ccccc3)CC2)c1. The first kappa shape index (κ1) is 13.2. The Morgan fingerprint density at radius 3 is 2.50 bits per heavy atom. The summed E-state index contributed by atoms with van der Waals surface area (Å²) in [5.41, 5.74) is 1.56. The van der Waals surface area contributed by atoms with E-state index in [0.29, 0.717) is 10.8 Å². The number of aryl methyl sites for hydroxylation is 1. The normalized spacial score (nSPS) is 15.7. The molecule has 0 radical (unpaired) electrons. The zero-order valence-corrected chi connectivity index (χ0v) is 12.0. The first-order valence-electron chi connectivity index (χ1n) is 6.66. The Balaban J connectivity index is 1.85. The molecule has 0 atom stereocenters. The van der Waals surface area contributed by atoms with Gasteiger partial charge in [-0.05, 0) is 43.0 Å². The third-order valence-corrected chi connectivity index (χ3v) is 4.07. The number of halogens is 1. The maximum atomic E-state index is 12.5. The Morgan fingerprint density at radius 1 is 1.15 bits per heavy atom. The van der Waals surface area contributed by atoms with Crippen LogP contribution in [0, 0.1) is 6.92 Å². The molecule has 2 aromatic rings. The number of benzene rings is 2. The second-order valence-corrected chi connectivity index (χ2v) is 5.68. The number of esters is 1. The monoisotopic (exact) mass is 286 g/mol. The molecule has 0 heterocycles. The molecule has 2 nitrogen and oxygen atoms in total. The number of hydrogen-bond donors (Lipinski definition) is 0. The fourth-order valence-electron chi connectivity index (χ4n) is 2.38. The van der Waals surface area contributed by atoms with Crippen LogP contribution in [0.25, 0.3) is 0 Å². The van der Waals surface area contributed by atoms with E-state index in [1.54, 1.807) is 12.1 Å². The lowest BCUT2D eigenvalue weighted by Gasteiger charge is -2.15. The molecule has 20 heavy (non-hydrogen) atoms. The first-order valence-corrected chi connectivity index (χ1v) is 7.04. The quantitative estimate of drug-likeness (QED) is 0.622. The van der Waals surface area contributed by atoms with Gasteiger partial charge in [0.15, 0.2) is 0 Å². The minimum atomic E-state index is -0.478. The van der Waals surface area contributed by atoms with E-state index in [4.69, 9.17) is 16.3 Å². The molecular weight excluding hydrogens is 272 g/mol. The smallest absolute Gasteiger partial charge is 0.322 e. The van der Waals surface area contributed by atoms with Crippen LogP contribution in [0.5, 0.6) is 5.75 Å². The van der Waals surface area contributed by atoms with Gasteiger partial charge in [0, 0.05) is 0 Å². The number of ether oxygens (including phenoxy) is 1. The summed E-state index contributed by atoms with van der Waals surface area (Å²) in [5, 5.41) is 0.466. The molecule has 0 aliphatic heterocycles. The van der Waals surface area contributed by atoms with Gasteiger partial charge in [0.1, 0.15) is 5.75 Å². The molecule has 0 saturated heterocycles. The highest BCUT2D eigenvalue weighted by atomic mass is 35.5. The van der Waals surface area contributed by atoms with Crippen molar-refractivity contribution in [2.45, 2.75) is 25.2 Å². The van der Waals surface area contributed by atoms with Crippen LogP contribution in [0.4, 0.5) is 0 Å². The predicted octanol–water partition coefficient (Wildman–Crippen LogP) is 4.29. The molecule has 1 fully saturated rings. The van der Waals surface area contributed by atoms with Crippen molar-refractivity contribution in [3.05, 3.63) is 64.7 Å². The molecule has 0 aromatic heterocycles. The van der Waals surface area contributed by atoms with Crippen molar-refractivity contribution in [2.75, 3.05) is 0 Å². The van der Waals surface area contributed by atoms with Gasteiger partial charge in [0.2, 0.25) is 0 Å². The van der Waals surface area contributed by atoms with Gasteiger partial charge in [-0.3, -0.25) is 4.79 Å². The van der Waals surface area contributed by atoms with Gasteiger partial charge in [-0.2, -0.15) is 0 Å². The van der Waals surface area contributed by atoms with E-state index in [9.17, 15) is 4.79 Å². The van der Waals surface area contributed by atoms with Gasteiger partial charge in [-0.25, -0.2) is 0 Å². The maximum Gasteiger partial charge on any atom is 0.322 e. The van der Waals surface area contributed by atoms with E-state index < -0.39 is 5.41 Å². The van der Waals surface area contributed by atoms with Crippen LogP contribution < -0.4 is 4.74 Å². The lowest BCUT2D eigenvalue weighted by atomic mass is 9.96. The average Bonchev–Trinajstić information content (AvgIpc) is 3.25. The number of carbonyl (C=O) groups excluding carboxylic acids is 1. The topological polar surface area (TPSA) is 26.3 Å². The van der Waals surface area contributed by atoms with Gasteiger partial charge < -0.3 is 4.74 Å². The number of hydrogen-bond acceptors (Lipinski definition) is 2. The van der Waals surface area contributed by atoms with E-state index in [2.05, 4.69) is 0 Å². The van der Waals surface area contributed by atoms with Crippen LogP contribution >= 0.6 is 11.6 Å². The van der Waals surface area contributed by atoms with Crippen LogP contribution in [0.15, 0.2) is 48.5 Å². The molecule has 3 rings (SSSR count). The van der Waals surface area contributed by atoms with Crippen LogP contribution in [0.2, 0.25) is 5.02 Å². The Bertz CT molecular complexity index is 645. The Hall–Kier alpha value is -1.80. The zero-order valence-electron chi connectivity index (χ0n) is 11.2. The van der Waals surface area contributed by atoms with Crippen molar-refractivity contribution >= 4 is 17.6 Å². The largest absolute Gasteiger partial charge is 0.424 e. The van der Waals surface area contributed by atoms with Gasteiger partial charge in [-0.15, -0.1) is 0 Å². The van der Waals surface area contributed by atoms with E-state index in [1.165, 1.54) is 0 Å². The lowest BCUT2D eigenvalue weighted by Crippen LogP contribution is -2.25. The fraction of sp³-hybridized carbons (Fsp3) is 0.235. The van der Waals surface area contributed by atoms with E-state index in [-0.39, 0.29) is 5.97 Å². The molecule has 0 unspecified atom stereocenters. The summed E-state index contributed by atoms with van der Waals surface area (Å²) in [6, 6.07) is 15.2. The van der Waals surface area contributed by atoms with E-state index in [1.807, 2.05) is 43.3 Å². The van der Waals surface area contributed by atoms with Gasteiger partial charge >= 0.3 is 5.97 Å². The molecular formula is C17H15ClO2. The predicted molar refractivity (Wildman–Crippen MR) is 79.2 cm³/mol. The van der Waals surface area contributed by atoms with Crippen LogP contribution in [0.3, 0.4) is 0 Å². The highest BCUT2D eigenvalue weighted by Crippen LogP contribution is 2.49. The average molecular weight is 287 g/mol. The standard InChI is InChI=1S/C17H15ClO2/c1-12-7-8-14(18)15(11-12)20-16(19)17(9-10-17)13-5-3-2-4-6-13/h2-8,11H,9-10H2,1H3. The Kier molecular flexibility index (Phi) is 3.27. The summed E-state index contributed by atoms with van der Waals surface area (Å²) in [6.07, 6.45) is 1.67. The molecule has 102 valence electrons. The van der Waals surface area contributed by atoms with E-state index >= 15 is 0 Å². The molecule has 0 bridgehead atoms. The molecule has 0 amide bonds. The Morgan fingerprint density at radius 2 is 1.85 bits per heavy atom. The highest BCUT2D eigenvalue weighted by Gasteiger charge is 2.53. The molecule has 2 aromatic carbocycles. The minimum Gasteiger partial charge on any atom is -0.424 e. The number of rotatable bonds is 3. The van der Waals surface area contributed by atoms with Crippen LogP contribution in [-0.4, -0.2) is 5.97 Å².